The zero-order chi connectivity index (χ0) is 19.2. The van der Waals surface area contributed by atoms with Crippen LogP contribution in [0.1, 0.15) is 13.8 Å². The number of hydrogen-bond acceptors (Lipinski definition) is 6. The minimum atomic E-state index is -0.498. The maximum absolute atomic E-state index is 13.2. The fourth-order valence-corrected chi connectivity index (χ4v) is 2.93. The summed E-state index contributed by atoms with van der Waals surface area (Å²) in [6, 6.07) is 13.0. The third-order valence-corrected chi connectivity index (χ3v) is 4.49. The fraction of sp³-hybridized carbons (Fsp3) is 0.211. The number of rotatable bonds is 7. The molecule has 1 N–H and O–H groups in total. The van der Waals surface area contributed by atoms with Crippen LogP contribution in [0.25, 0.3) is 11.5 Å². The van der Waals surface area contributed by atoms with Crippen molar-refractivity contribution in [2.75, 3.05) is 11.9 Å². The Kier molecular flexibility index (Phi) is 6.08. The summed E-state index contributed by atoms with van der Waals surface area (Å²) in [4.78, 5) is 12.2. The van der Waals surface area contributed by atoms with Crippen molar-refractivity contribution in [1.82, 2.24) is 10.2 Å². The van der Waals surface area contributed by atoms with Crippen molar-refractivity contribution >= 4 is 23.4 Å². The Balaban J connectivity index is 1.61. The standard InChI is InChI=1S/C19H18FN3O3S/c1-3-25-16-9-7-13(8-10-16)18-22-23-19(26-18)27-12(2)17(24)21-15-6-4-5-14(20)11-15/h4-12H,3H2,1-2H3,(H,21,24)/t12-/m0/s1. The predicted octanol–water partition coefficient (Wildman–Crippen LogP) is 4.39. The van der Waals surface area contributed by atoms with Gasteiger partial charge in [-0.3, -0.25) is 4.79 Å². The van der Waals surface area contributed by atoms with Gasteiger partial charge in [-0.1, -0.05) is 17.8 Å². The molecule has 0 aliphatic carbocycles. The highest BCUT2D eigenvalue weighted by atomic mass is 32.2. The van der Waals surface area contributed by atoms with E-state index in [1.165, 1.54) is 18.2 Å². The largest absolute Gasteiger partial charge is 0.494 e. The number of ether oxygens (including phenoxy) is 1. The second kappa shape index (κ2) is 8.68. The molecule has 1 aromatic heterocycles. The van der Waals surface area contributed by atoms with Crippen LogP contribution in [0.4, 0.5) is 10.1 Å². The number of benzene rings is 2. The Labute approximate surface area is 160 Å². The summed E-state index contributed by atoms with van der Waals surface area (Å²) < 4.78 is 24.2. The molecule has 1 heterocycles. The Hall–Kier alpha value is -2.87. The molecule has 1 amide bonds. The topological polar surface area (TPSA) is 77.2 Å². The highest BCUT2D eigenvalue weighted by Crippen LogP contribution is 2.27. The van der Waals surface area contributed by atoms with E-state index in [4.69, 9.17) is 9.15 Å². The summed E-state index contributed by atoms with van der Waals surface area (Å²) in [5.74, 6) is 0.424. The summed E-state index contributed by atoms with van der Waals surface area (Å²) in [6.45, 7) is 4.22. The van der Waals surface area contributed by atoms with Crippen LogP contribution in [0, 0.1) is 5.82 Å². The van der Waals surface area contributed by atoms with E-state index >= 15 is 0 Å². The maximum Gasteiger partial charge on any atom is 0.277 e. The van der Waals surface area contributed by atoms with Crippen molar-refractivity contribution in [2.45, 2.75) is 24.3 Å². The molecular formula is C19H18FN3O3S. The molecule has 0 aliphatic rings. The molecule has 8 heteroatoms. The van der Waals surface area contributed by atoms with Gasteiger partial charge in [-0.2, -0.15) is 0 Å². The summed E-state index contributed by atoms with van der Waals surface area (Å²) in [5.41, 5.74) is 1.16. The number of carbonyl (C=O) groups is 1. The molecule has 0 unspecified atom stereocenters. The van der Waals surface area contributed by atoms with Crippen LogP contribution >= 0.6 is 11.8 Å². The summed E-state index contributed by atoms with van der Waals surface area (Å²) >= 11 is 1.13. The normalized spacial score (nSPS) is 11.8. The molecule has 27 heavy (non-hydrogen) atoms. The molecule has 6 nitrogen and oxygen atoms in total. The highest BCUT2D eigenvalue weighted by Gasteiger charge is 2.19. The van der Waals surface area contributed by atoms with Gasteiger partial charge in [0, 0.05) is 11.3 Å². The molecule has 0 spiro atoms. The van der Waals surface area contributed by atoms with Gasteiger partial charge in [-0.15, -0.1) is 10.2 Å². The molecule has 140 valence electrons. The molecule has 3 rings (SSSR count). The van der Waals surface area contributed by atoms with Gasteiger partial charge in [0.1, 0.15) is 11.6 Å². The number of anilines is 1. The number of halogens is 1. The van der Waals surface area contributed by atoms with E-state index in [9.17, 15) is 9.18 Å². The lowest BCUT2D eigenvalue weighted by Gasteiger charge is -2.09. The van der Waals surface area contributed by atoms with Crippen LogP contribution in [0.15, 0.2) is 58.2 Å². The molecular weight excluding hydrogens is 369 g/mol. The molecule has 0 saturated heterocycles. The van der Waals surface area contributed by atoms with Crippen molar-refractivity contribution < 1.29 is 18.3 Å². The van der Waals surface area contributed by atoms with Crippen molar-refractivity contribution in [1.29, 1.82) is 0 Å². The van der Waals surface area contributed by atoms with Gasteiger partial charge in [-0.25, -0.2) is 4.39 Å². The number of thioether (sulfide) groups is 1. The minimum Gasteiger partial charge on any atom is -0.494 e. The Morgan fingerprint density at radius 1 is 1.26 bits per heavy atom. The van der Waals surface area contributed by atoms with Crippen molar-refractivity contribution in [2.24, 2.45) is 0 Å². The number of nitrogens with zero attached hydrogens (tertiary/aromatic N) is 2. The van der Waals surface area contributed by atoms with E-state index < -0.39 is 11.1 Å². The van der Waals surface area contributed by atoms with Gasteiger partial charge >= 0.3 is 0 Å². The van der Waals surface area contributed by atoms with Crippen LogP contribution in [0.5, 0.6) is 5.75 Å². The number of hydrogen-bond donors (Lipinski definition) is 1. The third-order valence-electron chi connectivity index (χ3n) is 3.56. The second-order valence-corrected chi connectivity index (χ2v) is 6.88. The van der Waals surface area contributed by atoms with Gasteiger partial charge in [0.25, 0.3) is 5.22 Å². The van der Waals surface area contributed by atoms with Crippen LogP contribution in [-0.4, -0.2) is 28.0 Å². The average Bonchev–Trinajstić information content (AvgIpc) is 3.11. The molecule has 0 aliphatic heterocycles. The van der Waals surface area contributed by atoms with Crippen LogP contribution in [-0.2, 0) is 4.79 Å². The highest BCUT2D eigenvalue weighted by molar-refractivity contribution is 8.00. The molecule has 0 saturated carbocycles. The first-order valence-electron chi connectivity index (χ1n) is 8.35. The first-order chi connectivity index (χ1) is 13.0. The maximum atomic E-state index is 13.2. The van der Waals surface area contributed by atoms with E-state index in [-0.39, 0.29) is 11.1 Å². The SMILES string of the molecule is CCOc1ccc(-c2nnc(S[C@@H](C)C(=O)Nc3cccc(F)c3)o2)cc1. The van der Waals surface area contributed by atoms with E-state index in [2.05, 4.69) is 15.5 Å². The van der Waals surface area contributed by atoms with E-state index in [0.29, 0.717) is 18.2 Å². The van der Waals surface area contributed by atoms with Crippen molar-refractivity contribution in [3.63, 3.8) is 0 Å². The first kappa shape index (κ1) is 18.9. The van der Waals surface area contributed by atoms with Gasteiger partial charge in [0.15, 0.2) is 0 Å². The fourth-order valence-electron chi connectivity index (χ4n) is 2.25. The van der Waals surface area contributed by atoms with Gasteiger partial charge < -0.3 is 14.5 Å². The molecule has 0 radical (unpaired) electrons. The van der Waals surface area contributed by atoms with E-state index in [0.717, 1.165) is 23.1 Å². The van der Waals surface area contributed by atoms with Crippen LogP contribution in [0.3, 0.4) is 0 Å². The summed E-state index contributed by atoms with van der Waals surface area (Å²) in [6.07, 6.45) is 0. The van der Waals surface area contributed by atoms with Crippen LogP contribution in [0.2, 0.25) is 0 Å². The smallest absolute Gasteiger partial charge is 0.277 e. The quantitative estimate of drug-likeness (QED) is 0.606. The van der Waals surface area contributed by atoms with Gasteiger partial charge in [-0.05, 0) is 56.3 Å². The lowest BCUT2D eigenvalue weighted by atomic mass is 10.2. The number of nitrogens with one attached hydrogen (secondary N) is 1. The monoisotopic (exact) mass is 387 g/mol. The van der Waals surface area contributed by atoms with Gasteiger partial charge in [0.05, 0.1) is 11.9 Å². The second-order valence-electron chi connectivity index (χ2n) is 5.59. The van der Waals surface area contributed by atoms with Gasteiger partial charge in [0.2, 0.25) is 11.8 Å². The minimum absolute atomic E-state index is 0.278. The molecule has 0 bridgehead atoms. The van der Waals surface area contributed by atoms with Crippen molar-refractivity contribution in [3.05, 3.63) is 54.3 Å². The lowest BCUT2D eigenvalue weighted by molar-refractivity contribution is -0.115. The molecule has 0 fully saturated rings. The third kappa shape index (κ3) is 5.07. The van der Waals surface area contributed by atoms with Crippen molar-refractivity contribution in [3.8, 4) is 17.2 Å². The predicted molar refractivity (Wildman–Crippen MR) is 101 cm³/mol. The van der Waals surface area contributed by atoms with E-state index in [1.807, 2.05) is 31.2 Å². The Bertz CT molecular complexity index is 915. The molecule has 2 aromatic carbocycles. The number of aromatic nitrogens is 2. The Morgan fingerprint density at radius 2 is 2.04 bits per heavy atom. The summed E-state index contributed by atoms with van der Waals surface area (Å²) in [7, 11) is 0. The van der Waals surface area contributed by atoms with Crippen LogP contribution < -0.4 is 10.1 Å². The number of amides is 1. The molecule has 3 aromatic rings. The zero-order valence-electron chi connectivity index (χ0n) is 14.8. The lowest BCUT2D eigenvalue weighted by Crippen LogP contribution is -2.22. The average molecular weight is 387 g/mol. The molecule has 1 atom stereocenters. The first-order valence-corrected chi connectivity index (χ1v) is 9.23. The zero-order valence-corrected chi connectivity index (χ0v) is 15.6. The summed E-state index contributed by atoms with van der Waals surface area (Å²) in [5, 5.41) is 10.4. The van der Waals surface area contributed by atoms with E-state index in [1.54, 1.807) is 13.0 Å². The Morgan fingerprint density at radius 3 is 2.74 bits per heavy atom. The number of carbonyl (C=O) groups excluding carboxylic acids is 1.